The molecule has 0 aliphatic heterocycles. The Kier molecular flexibility index (Phi) is 6.57. The maximum atomic E-state index is 12.6. The van der Waals surface area contributed by atoms with Crippen molar-refractivity contribution in [3.05, 3.63) is 95.5 Å². The number of carbonyl (C=O) groups is 2. The summed E-state index contributed by atoms with van der Waals surface area (Å²) < 4.78 is 5.10. The fourth-order valence-corrected chi connectivity index (χ4v) is 3.88. The number of methoxy groups -OCH3 is 1. The molecule has 32 heavy (non-hydrogen) atoms. The van der Waals surface area contributed by atoms with Gasteiger partial charge >= 0.3 is 0 Å². The molecule has 7 heteroatoms. The summed E-state index contributed by atoms with van der Waals surface area (Å²) in [5, 5.41) is 7.95. The van der Waals surface area contributed by atoms with Gasteiger partial charge in [0.05, 0.1) is 19.2 Å². The molecule has 0 atom stereocenters. The third kappa shape index (κ3) is 5.19. The third-order valence-electron chi connectivity index (χ3n) is 4.75. The number of carbonyl (C=O) groups excluding carboxylic acids is 2. The number of nitrogens with one attached hydrogen (secondary N) is 2. The number of amides is 2. The van der Waals surface area contributed by atoms with Crippen molar-refractivity contribution in [2.24, 2.45) is 0 Å². The van der Waals surface area contributed by atoms with Crippen LogP contribution in [0.25, 0.3) is 11.1 Å². The van der Waals surface area contributed by atoms with Crippen LogP contribution in [0, 0.1) is 0 Å². The molecule has 4 aromatic rings. The van der Waals surface area contributed by atoms with Crippen LogP contribution in [0.3, 0.4) is 0 Å². The average molecular weight is 444 g/mol. The highest BCUT2D eigenvalue weighted by Gasteiger charge is 2.13. The number of para-hydroxylation sites is 1. The van der Waals surface area contributed by atoms with Crippen LogP contribution in [0.1, 0.15) is 16.1 Å². The Bertz CT molecular complexity index is 1220. The summed E-state index contributed by atoms with van der Waals surface area (Å²) in [7, 11) is 1.57. The normalized spacial score (nSPS) is 10.4. The zero-order valence-electron chi connectivity index (χ0n) is 17.4. The van der Waals surface area contributed by atoms with Crippen LogP contribution in [0.15, 0.2) is 84.2 Å². The molecular formula is C25H21N3O3S. The van der Waals surface area contributed by atoms with E-state index in [0.29, 0.717) is 22.1 Å². The van der Waals surface area contributed by atoms with Crippen molar-refractivity contribution >= 4 is 34.0 Å². The Hall–Kier alpha value is -3.97. The molecule has 160 valence electrons. The van der Waals surface area contributed by atoms with Crippen LogP contribution in [0.4, 0.5) is 10.8 Å². The molecule has 6 nitrogen and oxygen atoms in total. The van der Waals surface area contributed by atoms with Crippen LogP contribution in [-0.2, 0) is 11.2 Å². The van der Waals surface area contributed by atoms with Crippen molar-refractivity contribution < 1.29 is 14.3 Å². The fourth-order valence-electron chi connectivity index (χ4n) is 3.18. The van der Waals surface area contributed by atoms with E-state index >= 15 is 0 Å². The lowest BCUT2D eigenvalue weighted by Crippen LogP contribution is -2.15. The second-order valence-corrected chi connectivity index (χ2v) is 7.82. The van der Waals surface area contributed by atoms with Crippen molar-refractivity contribution in [3.8, 4) is 16.9 Å². The Morgan fingerprint density at radius 2 is 1.62 bits per heavy atom. The molecule has 0 saturated heterocycles. The second kappa shape index (κ2) is 9.89. The highest BCUT2D eigenvalue weighted by Crippen LogP contribution is 2.27. The highest BCUT2D eigenvalue weighted by molar-refractivity contribution is 7.14. The molecule has 0 fully saturated rings. The SMILES string of the molecule is COc1ccc(C(=O)Nc2nc(CC(=O)Nc3ccccc3-c3ccccc3)cs2)cc1. The zero-order valence-corrected chi connectivity index (χ0v) is 18.2. The highest BCUT2D eigenvalue weighted by atomic mass is 32.1. The molecule has 0 bridgehead atoms. The molecule has 0 radical (unpaired) electrons. The molecule has 2 N–H and O–H groups in total. The van der Waals surface area contributed by atoms with Gasteiger partial charge < -0.3 is 10.1 Å². The van der Waals surface area contributed by atoms with Crippen molar-refractivity contribution in [1.82, 2.24) is 4.98 Å². The van der Waals surface area contributed by atoms with Crippen LogP contribution in [-0.4, -0.2) is 23.9 Å². The molecular weight excluding hydrogens is 422 g/mol. The quantitative estimate of drug-likeness (QED) is 0.409. The van der Waals surface area contributed by atoms with Gasteiger partial charge in [-0.05, 0) is 35.9 Å². The van der Waals surface area contributed by atoms with Gasteiger partial charge in [-0.15, -0.1) is 11.3 Å². The van der Waals surface area contributed by atoms with E-state index in [-0.39, 0.29) is 18.2 Å². The van der Waals surface area contributed by atoms with Crippen LogP contribution in [0.2, 0.25) is 0 Å². The zero-order chi connectivity index (χ0) is 22.3. The summed E-state index contributed by atoms with van der Waals surface area (Å²) in [6.45, 7) is 0. The van der Waals surface area contributed by atoms with Crippen LogP contribution >= 0.6 is 11.3 Å². The van der Waals surface area contributed by atoms with Crippen molar-refractivity contribution in [3.63, 3.8) is 0 Å². The van der Waals surface area contributed by atoms with Crippen molar-refractivity contribution in [2.45, 2.75) is 6.42 Å². The lowest BCUT2D eigenvalue weighted by atomic mass is 10.0. The molecule has 0 spiro atoms. The minimum atomic E-state index is -0.269. The first-order valence-electron chi connectivity index (χ1n) is 9.96. The number of aromatic nitrogens is 1. The summed E-state index contributed by atoms with van der Waals surface area (Å²) >= 11 is 1.28. The molecule has 1 heterocycles. The van der Waals surface area contributed by atoms with Crippen LogP contribution < -0.4 is 15.4 Å². The first-order valence-corrected chi connectivity index (χ1v) is 10.8. The Morgan fingerprint density at radius 1 is 0.906 bits per heavy atom. The number of thiazole rings is 1. The standard InChI is InChI=1S/C25H21N3O3S/c1-31-20-13-11-18(12-14-20)24(30)28-25-26-19(16-32-25)15-23(29)27-22-10-6-5-9-21(22)17-7-3-2-4-8-17/h2-14,16H,15H2,1H3,(H,27,29)(H,26,28,30). The first-order chi connectivity index (χ1) is 15.6. The Labute approximate surface area is 189 Å². The predicted octanol–water partition coefficient (Wildman–Crippen LogP) is 5.25. The van der Waals surface area contributed by atoms with Gasteiger partial charge in [0.1, 0.15) is 5.75 Å². The lowest BCUT2D eigenvalue weighted by Gasteiger charge is -2.11. The molecule has 0 aliphatic carbocycles. The van der Waals surface area contributed by atoms with E-state index in [2.05, 4.69) is 15.6 Å². The minimum Gasteiger partial charge on any atom is -0.497 e. The summed E-state index contributed by atoms with van der Waals surface area (Å²) in [5.74, 6) is 0.236. The van der Waals surface area contributed by atoms with Gasteiger partial charge in [0, 0.05) is 22.2 Å². The smallest absolute Gasteiger partial charge is 0.257 e. The van der Waals surface area contributed by atoms with E-state index in [9.17, 15) is 9.59 Å². The monoisotopic (exact) mass is 443 g/mol. The molecule has 0 unspecified atom stereocenters. The Balaban J connectivity index is 1.39. The van der Waals surface area contributed by atoms with E-state index in [0.717, 1.165) is 16.8 Å². The number of hydrogen-bond donors (Lipinski definition) is 2. The van der Waals surface area contributed by atoms with Gasteiger partial charge in [-0.2, -0.15) is 0 Å². The molecule has 3 aromatic carbocycles. The van der Waals surface area contributed by atoms with Crippen molar-refractivity contribution in [1.29, 1.82) is 0 Å². The second-order valence-electron chi connectivity index (χ2n) is 6.96. The number of nitrogens with zero attached hydrogens (tertiary/aromatic N) is 1. The number of anilines is 2. The van der Waals surface area contributed by atoms with Crippen molar-refractivity contribution in [2.75, 3.05) is 17.7 Å². The largest absolute Gasteiger partial charge is 0.497 e. The van der Waals surface area contributed by atoms with E-state index in [1.165, 1.54) is 11.3 Å². The molecule has 1 aromatic heterocycles. The van der Waals surface area contributed by atoms with E-state index in [4.69, 9.17) is 4.74 Å². The van der Waals surface area contributed by atoms with Gasteiger partial charge in [0.15, 0.2) is 5.13 Å². The average Bonchev–Trinajstić information content (AvgIpc) is 3.26. The molecule has 0 saturated carbocycles. The Morgan fingerprint density at radius 3 is 2.38 bits per heavy atom. The lowest BCUT2D eigenvalue weighted by molar-refractivity contribution is -0.115. The van der Waals surface area contributed by atoms with Gasteiger partial charge in [-0.25, -0.2) is 4.98 Å². The predicted molar refractivity (Wildman–Crippen MR) is 127 cm³/mol. The summed E-state index contributed by atoms with van der Waals surface area (Å²) in [5.41, 5.74) is 3.81. The fraction of sp³-hybridized carbons (Fsp3) is 0.0800. The van der Waals surface area contributed by atoms with Gasteiger partial charge in [-0.3, -0.25) is 14.9 Å². The van der Waals surface area contributed by atoms with E-state index < -0.39 is 0 Å². The van der Waals surface area contributed by atoms with Crippen LogP contribution in [0.5, 0.6) is 5.75 Å². The van der Waals surface area contributed by atoms with E-state index in [1.54, 1.807) is 36.8 Å². The number of ether oxygens (including phenoxy) is 1. The number of hydrogen-bond acceptors (Lipinski definition) is 5. The third-order valence-corrected chi connectivity index (χ3v) is 5.56. The number of benzene rings is 3. The molecule has 0 aliphatic rings. The summed E-state index contributed by atoms with van der Waals surface area (Å²) in [6, 6.07) is 24.4. The maximum absolute atomic E-state index is 12.6. The maximum Gasteiger partial charge on any atom is 0.257 e. The topological polar surface area (TPSA) is 80.3 Å². The minimum absolute atomic E-state index is 0.109. The summed E-state index contributed by atoms with van der Waals surface area (Å²) in [6.07, 6.45) is 0.109. The number of rotatable bonds is 7. The van der Waals surface area contributed by atoms with E-state index in [1.807, 2.05) is 54.6 Å². The van der Waals surface area contributed by atoms with Gasteiger partial charge in [0.2, 0.25) is 5.91 Å². The molecule has 4 rings (SSSR count). The first kappa shape index (κ1) is 21.3. The molecule has 2 amide bonds. The van der Waals surface area contributed by atoms with Gasteiger partial charge in [-0.1, -0.05) is 48.5 Å². The van der Waals surface area contributed by atoms with Gasteiger partial charge in [0.25, 0.3) is 5.91 Å². The summed E-state index contributed by atoms with van der Waals surface area (Å²) in [4.78, 5) is 29.4.